The number of hydrogen-bond donors (Lipinski definition) is 1. The van der Waals surface area contributed by atoms with Crippen LogP contribution in [0.25, 0.3) is 0 Å². The molecule has 0 radical (unpaired) electrons. The number of rotatable bonds is 2. The average molecular weight is 199 g/mol. The molecule has 0 fully saturated rings. The molecule has 2 rings (SSSR count). The van der Waals surface area contributed by atoms with Crippen molar-refractivity contribution in [1.82, 2.24) is 0 Å². The zero-order valence-corrected chi connectivity index (χ0v) is 8.07. The van der Waals surface area contributed by atoms with Crippen LogP contribution >= 0.6 is 0 Å². The summed E-state index contributed by atoms with van der Waals surface area (Å²) in [5.41, 5.74) is 1.97. The van der Waals surface area contributed by atoms with E-state index in [1.807, 2.05) is 30.3 Å². The molecule has 1 nitrogen and oxygen atoms in total. The molecule has 0 aromatic heterocycles. The Bertz CT molecular complexity index is 460. The SMILES string of the molecule is N=C(c1ccccc1)c1ccc(F)cc1. The second-order valence-electron chi connectivity index (χ2n) is 3.25. The maximum Gasteiger partial charge on any atom is 0.123 e. The fourth-order valence-electron chi connectivity index (χ4n) is 1.39. The van der Waals surface area contributed by atoms with Crippen LogP contribution in [0.3, 0.4) is 0 Å². The standard InChI is InChI=1S/C13H10FN/c14-12-8-6-11(7-9-12)13(15)10-4-2-1-3-5-10/h1-9,15H. The van der Waals surface area contributed by atoms with Crippen molar-refractivity contribution < 1.29 is 4.39 Å². The van der Waals surface area contributed by atoms with E-state index in [-0.39, 0.29) is 5.82 Å². The summed E-state index contributed by atoms with van der Waals surface area (Å²) in [4.78, 5) is 0. The first-order valence-electron chi connectivity index (χ1n) is 4.67. The third-order valence-corrected chi connectivity index (χ3v) is 2.20. The van der Waals surface area contributed by atoms with Gasteiger partial charge in [0.05, 0.1) is 5.71 Å². The van der Waals surface area contributed by atoms with E-state index in [1.165, 1.54) is 12.1 Å². The lowest BCUT2D eigenvalue weighted by Gasteiger charge is -2.03. The molecule has 0 heterocycles. The van der Waals surface area contributed by atoms with Gasteiger partial charge in [-0.25, -0.2) is 4.39 Å². The second kappa shape index (κ2) is 4.05. The molecule has 15 heavy (non-hydrogen) atoms. The summed E-state index contributed by atoms with van der Waals surface area (Å²) in [5, 5.41) is 7.92. The van der Waals surface area contributed by atoms with Gasteiger partial charge in [-0.15, -0.1) is 0 Å². The molecule has 0 aliphatic carbocycles. The molecule has 0 spiro atoms. The molecule has 0 amide bonds. The van der Waals surface area contributed by atoms with Gasteiger partial charge in [0.1, 0.15) is 5.82 Å². The van der Waals surface area contributed by atoms with Gasteiger partial charge >= 0.3 is 0 Å². The Hall–Kier alpha value is -1.96. The van der Waals surface area contributed by atoms with Crippen molar-refractivity contribution in [1.29, 1.82) is 5.41 Å². The molecule has 0 saturated carbocycles. The predicted octanol–water partition coefficient (Wildman–Crippen LogP) is 3.24. The molecule has 2 heteroatoms. The Kier molecular flexibility index (Phi) is 2.59. The van der Waals surface area contributed by atoms with E-state index in [9.17, 15) is 4.39 Å². The Balaban J connectivity index is 2.33. The molecular weight excluding hydrogens is 189 g/mol. The van der Waals surface area contributed by atoms with E-state index in [4.69, 9.17) is 5.41 Å². The van der Waals surface area contributed by atoms with Crippen molar-refractivity contribution in [2.24, 2.45) is 0 Å². The highest BCUT2D eigenvalue weighted by Crippen LogP contribution is 2.10. The monoisotopic (exact) mass is 199 g/mol. The molecule has 0 bridgehead atoms. The summed E-state index contributed by atoms with van der Waals surface area (Å²) in [7, 11) is 0. The van der Waals surface area contributed by atoms with Crippen molar-refractivity contribution in [3.8, 4) is 0 Å². The maximum absolute atomic E-state index is 12.7. The van der Waals surface area contributed by atoms with Crippen molar-refractivity contribution >= 4 is 5.71 Å². The lowest BCUT2D eigenvalue weighted by molar-refractivity contribution is 0.628. The molecule has 0 atom stereocenters. The van der Waals surface area contributed by atoms with Gasteiger partial charge in [0.25, 0.3) is 0 Å². The third kappa shape index (κ3) is 2.10. The van der Waals surface area contributed by atoms with Gasteiger partial charge in [0, 0.05) is 5.56 Å². The van der Waals surface area contributed by atoms with Crippen LogP contribution in [-0.2, 0) is 0 Å². The van der Waals surface area contributed by atoms with Crippen LogP contribution in [0, 0.1) is 11.2 Å². The number of nitrogens with one attached hydrogen (secondary N) is 1. The molecule has 0 aliphatic heterocycles. The molecule has 2 aromatic rings. The first-order valence-corrected chi connectivity index (χ1v) is 4.67. The summed E-state index contributed by atoms with van der Waals surface area (Å²) in [6, 6.07) is 15.4. The minimum Gasteiger partial charge on any atom is -0.300 e. The van der Waals surface area contributed by atoms with Crippen LogP contribution in [0.1, 0.15) is 11.1 Å². The van der Waals surface area contributed by atoms with E-state index >= 15 is 0 Å². The Morgan fingerprint density at radius 3 is 1.93 bits per heavy atom. The van der Waals surface area contributed by atoms with Gasteiger partial charge in [-0.3, -0.25) is 5.41 Å². The smallest absolute Gasteiger partial charge is 0.123 e. The molecular formula is C13H10FN. The fourth-order valence-corrected chi connectivity index (χ4v) is 1.39. The highest BCUT2D eigenvalue weighted by molar-refractivity contribution is 6.10. The third-order valence-electron chi connectivity index (χ3n) is 2.20. The van der Waals surface area contributed by atoms with Crippen LogP contribution < -0.4 is 0 Å². The van der Waals surface area contributed by atoms with Gasteiger partial charge < -0.3 is 0 Å². The highest BCUT2D eigenvalue weighted by Gasteiger charge is 2.03. The quantitative estimate of drug-likeness (QED) is 0.718. The van der Waals surface area contributed by atoms with Crippen LogP contribution in [0.5, 0.6) is 0 Å². The van der Waals surface area contributed by atoms with E-state index in [0.717, 1.165) is 11.1 Å². The second-order valence-corrected chi connectivity index (χ2v) is 3.25. The average Bonchev–Trinajstić information content (AvgIpc) is 2.30. The predicted molar refractivity (Wildman–Crippen MR) is 58.8 cm³/mol. The minimum absolute atomic E-state index is 0.278. The maximum atomic E-state index is 12.7. The Labute approximate surface area is 87.7 Å². The zero-order valence-electron chi connectivity index (χ0n) is 8.07. The number of halogens is 1. The van der Waals surface area contributed by atoms with Gasteiger partial charge in [0.15, 0.2) is 0 Å². The summed E-state index contributed by atoms with van der Waals surface area (Å²) in [6.07, 6.45) is 0. The normalized spacial score (nSPS) is 9.93. The molecule has 0 aliphatic rings. The first-order chi connectivity index (χ1) is 7.27. The Morgan fingerprint density at radius 2 is 1.33 bits per heavy atom. The van der Waals surface area contributed by atoms with E-state index < -0.39 is 0 Å². The van der Waals surface area contributed by atoms with E-state index in [2.05, 4.69) is 0 Å². The van der Waals surface area contributed by atoms with Gasteiger partial charge in [-0.2, -0.15) is 0 Å². The largest absolute Gasteiger partial charge is 0.300 e. The van der Waals surface area contributed by atoms with Crippen LogP contribution in [0.2, 0.25) is 0 Å². The molecule has 0 unspecified atom stereocenters. The topological polar surface area (TPSA) is 23.9 Å². The summed E-state index contributed by atoms with van der Waals surface area (Å²) in [5.74, 6) is -0.278. The summed E-state index contributed by atoms with van der Waals surface area (Å²) < 4.78 is 12.7. The van der Waals surface area contributed by atoms with Crippen LogP contribution in [0.15, 0.2) is 54.6 Å². The van der Waals surface area contributed by atoms with Crippen molar-refractivity contribution in [3.05, 3.63) is 71.5 Å². The van der Waals surface area contributed by atoms with Gasteiger partial charge in [0.2, 0.25) is 0 Å². The zero-order chi connectivity index (χ0) is 10.7. The van der Waals surface area contributed by atoms with Crippen LogP contribution in [0.4, 0.5) is 4.39 Å². The van der Waals surface area contributed by atoms with Crippen LogP contribution in [-0.4, -0.2) is 5.71 Å². The molecule has 0 saturated heterocycles. The summed E-state index contributed by atoms with van der Waals surface area (Å²) in [6.45, 7) is 0. The summed E-state index contributed by atoms with van der Waals surface area (Å²) >= 11 is 0. The minimum atomic E-state index is -0.278. The van der Waals surface area contributed by atoms with Gasteiger partial charge in [-0.05, 0) is 29.8 Å². The number of benzene rings is 2. The first kappa shape index (κ1) is 9.59. The lowest BCUT2D eigenvalue weighted by Crippen LogP contribution is -2.00. The fraction of sp³-hybridized carbons (Fsp3) is 0. The molecule has 2 aromatic carbocycles. The number of hydrogen-bond acceptors (Lipinski definition) is 1. The van der Waals surface area contributed by atoms with Crippen molar-refractivity contribution in [2.75, 3.05) is 0 Å². The van der Waals surface area contributed by atoms with Gasteiger partial charge in [-0.1, -0.05) is 30.3 Å². The Morgan fingerprint density at radius 1 is 0.800 bits per heavy atom. The van der Waals surface area contributed by atoms with Crippen molar-refractivity contribution in [2.45, 2.75) is 0 Å². The molecule has 1 N–H and O–H groups in total. The lowest BCUT2D eigenvalue weighted by atomic mass is 10.0. The molecule has 74 valence electrons. The van der Waals surface area contributed by atoms with Crippen molar-refractivity contribution in [3.63, 3.8) is 0 Å². The highest BCUT2D eigenvalue weighted by atomic mass is 19.1. The van der Waals surface area contributed by atoms with E-state index in [1.54, 1.807) is 12.1 Å². The van der Waals surface area contributed by atoms with E-state index in [0.29, 0.717) is 5.71 Å².